The molecule has 2 aliphatic heterocycles. The maximum absolute atomic E-state index is 14.3. The quantitative estimate of drug-likeness (QED) is 0.176. The number of carbonyl (C=O) groups excluding carboxylic acids is 4. The van der Waals surface area contributed by atoms with Gasteiger partial charge in [-0.05, 0) is 74.1 Å². The van der Waals surface area contributed by atoms with Gasteiger partial charge in [-0.15, -0.1) is 0 Å². The highest BCUT2D eigenvalue weighted by atomic mass is 35.5. The number of H-pyrrole nitrogens is 1. The lowest BCUT2D eigenvalue weighted by atomic mass is 9.79. The monoisotopic (exact) mass is 758 g/mol. The SMILES string of the molecule is COC(=O)[C@@H](NC(=O)C1CN(C(=O)Cc2c[nH]c3cc(Cl)ccc23)CC2CN(C(=O)c3ccc(OC(C)C)c(OC)c3)CC21)[C@H](C)OCc1ccccc1. The van der Waals surface area contributed by atoms with Crippen molar-refractivity contribution in [3.8, 4) is 11.5 Å². The fourth-order valence-electron chi connectivity index (χ4n) is 7.49. The van der Waals surface area contributed by atoms with E-state index in [0.29, 0.717) is 41.7 Å². The predicted octanol–water partition coefficient (Wildman–Crippen LogP) is 5.27. The number of nitrogens with zero attached hydrogens (tertiary/aromatic N) is 2. The van der Waals surface area contributed by atoms with Crippen LogP contribution in [0.1, 0.15) is 42.3 Å². The number of halogens is 1. The van der Waals surface area contributed by atoms with Crippen LogP contribution < -0.4 is 14.8 Å². The zero-order valence-corrected chi connectivity index (χ0v) is 31.9. The molecule has 2 N–H and O–H groups in total. The summed E-state index contributed by atoms with van der Waals surface area (Å²) in [5, 5.41) is 4.38. The molecule has 6 rings (SSSR count). The molecule has 1 aromatic heterocycles. The smallest absolute Gasteiger partial charge is 0.331 e. The number of hydrogen-bond donors (Lipinski definition) is 2. The number of likely N-dealkylation sites (tertiary alicyclic amines) is 2. The van der Waals surface area contributed by atoms with Crippen molar-refractivity contribution in [2.75, 3.05) is 40.4 Å². The number of piperidine rings is 1. The lowest BCUT2D eigenvalue weighted by Gasteiger charge is -2.40. The van der Waals surface area contributed by atoms with Gasteiger partial charge < -0.3 is 39.0 Å². The predicted molar refractivity (Wildman–Crippen MR) is 203 cm³/mol. The number of fused-ring (bicyclic) bond motifs is 2. The van der Waals surface area contributed by atoms with Crippen LogP contribution in [0.3, 0.4) is 0 Å². The van der Waals surface area contributed by atoms with Crippen LogP contribution in [0.4, 0.5) is 0 Å². The van der Waals surface area contributed by atoms with Gasteiger partial charge in [-0.25, -0.2) is 4.79 Å². The Bertz CT molecular complexity index is 1980. The molecule has 286 valence electrons. The van der Waals surface area contributed by atoms with Crippen molar-refractivity contribution in [2.24, 2.45) is 17.8 Å². The van der Waals surface area contributed by atoms with Crippen molar-refractivity contribution >= 4 is 46.2 Å². The summed E-state index contributed by atoms with van der Waals surface area (Å²) in [6.07, 6.45) is 1.10. The second kappa shape index (κ2) is 16.9. The molecule has 2 saturated heterocycles. The van der Waals surface area contributed by atoms with Gasteiger partial charge in [0.05, 0.1) is 45.4 Å². The van der Waals surface area contributed by atoms with Gasteiger partial charge in [-0.2, -0.15) is 0 Å². The summed E-state index contributed by atoms with van der Waals surface area (Å²) in [7, 11) is 2.79. The molecule has 0 saturated carbocycles. The third kappa shape index (κ3) is 8.66. The second-order valence-corrected chi connectivity index (χ2v) is 14.7. The van der Waals surface area contributed by atoms with Crippen molar-refractivity contribution in [1.29, 1.82) is 0 Å². The van der Waals surface area contributed by atoms with Crippen LogP contribution >= 0.6 is 11.6 Å². The Labute approximate surface area is 320 Å². The van der Waals surface area contributed by atoms with Crippen LogP contribution in [0.15, 0.2) is 72.9 Å². The van der Waals surface area contributed by atoms with E-state index in [1.165, 1.54) is 14.2 Å². The number of rotatable bonds is 13. The number of ether oxygens (including phenoxy) is 4. The summed E-state index contributed by atoms with van der Waals surface area (Å²) in [6.45, 7) is 6.88. The number of carbonyl (C=O) groups is 4. The minimum Gasteiger partial charge on any atom is -0.493 e. The van der Waals surface area contributed by atoms with Gasteiger partial charge in [-0.1, -0.05) is 48.0 Å². The van der Waals surface area contributed by atoms with Gasteiger partial charge >= 0.3 is 5.97 Å². The van der Waals surface area contributed by atoms with Gasteiger partial charge in [0, 0.05) is 53.9 Å². The Kier molecular flexibility index (Phi) is 12.1. The summed E-state index contributed by atoms with van der Waals surface area (Å²) in [4.78, 5) is 62.0. The number of nitrogens with one attached hydrogen (secondary N) is 2. The van der Waals surface area contributed by atoms with E-state index in [-0.39, 0.29) is 49.3 Å². The molecule has 4 aromatic rings. The Hall–Kier alpha value is -5.07. The van der Waals surface area contributed by atoms with E-state index >= 15 is 0 Å². The first-order chi connectivity index (χ1) is 25.9. The van der Waals surface area contributed by atoms with E-state index < -0.39 is 29.9 Å². The lowest BCUT2D eigenvalue weighted by molar-refractivity contribution is -0.152. The highest BCUT2D eigenvalue weighted by Crippen LogP contribution is 2.38. The summed E-state index contributed by atoms with van der Waals surface area (Å²) >= 11 is 6.19. The number of amides is 3. The lowest BCUT2D eigenvalue weighted by Crippen LogP contribution is -2.57. The second-order valence-electron chi connectivity index (χ2n) is 14.3. The molecule has 0 bridgehead atoms. The number of methoxy groups -OCH3 is 2. The van der Waals surface area contributed by atoms with E-state index in [1.807, 2.05) is 56.3 Å². The molecule has 3 aromatic carbocycles. The maximum Gasteiger partial charge on any atom is 0.331 e. The van der Waals surface area contributed by atoms with E-state index in [0.717, 1.165) is 22.0 Å². The molecule has 3 heterocycles. The minimum atomic E-state index is -1.10. The molecule has 5 atom stereocenters. The fourth-order valence-corrected chi connectivity index (χ4v) is 7.66. The molecule has 2 fully saturated rings. The van der Waals surface area contributed by atoms with Crippen LogP contribution in [0.5, 0.6) is 11.5 Å². The summed E-state index contributed by atoms with van der Waals surface area (Å²) in [5.41, 5.74) is 2.97. The van der Waals surface area contributed by atoms with Crippen molar-refractivity contribution in [3.63, 3.8) is 0 Å². The molecule has 0 radical (unpaired) electrons. The van der Waals surface area contributed by atoms with Crippen molar-refractivity contribution in [3.05, 3.63) is 94.6 Å². The topological polar surface area (TPSA) is 140 Å². The zero-order valence-electron chi connectivity index (χ0n) is 31.2. The maximum atomic E-state index is 14.3. The van der Waals surface area contributed by atoms with E-state index in [1.54, 1.807) is 47.2 Å². The van der Waals surface area contributed by atoms with Crippen molar-refractivity contribution < 1.29 is 38.1 Å². The van der Waals surface area contributed by atoms with E-state index in [4.69, 9.17) is 30.5 Å². The number of hydrogen-bond acceptors (Lipinski definition) is 8. The number of esters is 1. The van der Waals surface area contributed by atoms with Crippen LogP contribution in [-0.2, 0) is 36.9 Å². The number of aromatic nitrogens is 1. The van der Waals surface area contributed by atoms with E-state index in [2.05, 4.69) is 10.3 Å². The normalized spacial score (nSPS) is 19.3. The van der Waals surface area contributed by atoms with Gasteiger partial charge in [0.1, 0.15) is 0 Å². The summed E-state index contributed by atoms with van der Waals surface area (Å²) in [5.74, 6) is -1.66. The molecule has 2 aliphatic rings. The summed E-state index contributed by atoms with van der Waals surface area (Å²) in [6, 6.07) is 19.0. The molecular weight excluding hydrogens is 712 g/mol. The van der Waals surface area contributed by atoms with Gasteiger partial charge in [0.2, 0.25) is 11.8 Å². The molecule has 3 unspecified atom stereocenters. The fraction of sp³-hybridized carbons (Fsp3) is 0.415. The van der Waals surface area contributed by atoms with Crippen LogP contribution in [-0.4, -0.2) is 97.1 Å². The highest BCUT2D eigenvalue weighted by Gasteiger charge is 2.48. The molecular formula is C41H47ClN4O8. The van der Waals surface area contributed by atoms with Gasteiger partial charge in [0.15, 0.2) is 17.5 Å². The first-order valence-electron chi connectivity index (χ1n) is 18.2. The molecule has 12 nitrogen and oxygen atoms in total. The zero-order chi connectivity index (χ0) is 38.5. The van der Waals surface area contributed by atoms with Crippen molar-refractivity contribution in [2.45, 2.75) is 52.0 Å². The average Bonchev–Trinajstić information content (AvgIpc) is 3.79. The highest BCUT2D eigenvalue weighted by molar-refractivity contribution is 6.31. The standard InChI is InChI=1S/C41H47ClN4O8/c1-24(2)54-35-14-11-27(15-36(35)51-4)40(49)46-20-29-19-45(37(47)16-28-18-43-34-17-30(42)12-13-31(28)34)22-33(32(29)21-46)39(48)44-38(41(50)52-5)25(3)53-23-26-9-7-6-8-10-26/h6-15,17-18,24-25,29,32-33,38,43H,16,19-23H2,1-5H3,(H,44,48)/t25-,29?,32?,33?,38-/m0/s1. The van der Waals surface area contributed by atoms with Crippen molar-refractivity contribution in [1.82, 2.24) is 20.1 Å². The summed E-state index contributed by atoms with van der Waals surface area (Å²) < 4.78 is 22.5. The molecule has 0 aliphatic carbocycles. The molecule has 3 amide bonds. The van der Waals surface area contributed by atoms with Crippen LogP contribution in [0.25, 0.3) is 10.9 Å². The molecule has 13 heteroatoms. The van der Waals surface area contributed by atoms with Crippen LogP contribution in [0, 0.1) is 17.8 Å². The number of benzene rings is 3. The number of aromatic amines is 1. The largest absolute Gasteiger partial charge is 0.493 e. The Morgan fingerprint density at radius 1 is 0.907 bits per heavy atom. The minimum absolute atomic E-state index is 0.0810. The van der Waals surface area contributed by atoms with Gasteiger partial charge in [0.25, 0.3) is 5.91 Å². The van der Waals surface area contributed by atoms with E-state index in [9.17, 15) is 19.2 Å². The first-order valence-corrected chi connectivity index (χ1v) is 18.5. The third-order valence-electron chi connectivity index (χ3n) is 10.3. The van der Waals surface area contributed by atoms with Crippen LogP contribution in [0.2, 0.25) is 5.02 Å². The third-order valence-corrected chi connectivity index (χ3v) is 10.5. The Morgan fingerprint density at radius 3 is 2.39 bits per heavy atom. The molecule has 54 heavy (non-hydrogen) atoms. The Balaban J connectivity index is 1.24. The molecule has 0 spiro atoms. The first kappa shape index (κ1) is 38.6. The van der Waals surface area contributed by atoms with Gasteiger partial charge in [-0.3, -0.25) is 14.4 Å². The average molecular weight is 759 g/mol. The Morgan fingerprint density at radius 2 is 1.67 bits per heavy atom.